The van der Waals surface area contributed by atoms with Gasteiger partial charge >= 0.3 is 0 Å². The number of carbonyl (C=O) groups excluding carboxylic acids is 1. The third kappa shape index (κ3) is 2.69. The summed E-state index contributed by atoms with van der Waals surface area (Å²) >= 11 is 0. The Kier molecular flexibility index (Phi) is 4.13. The number of rotatable bonds is 3. The molecule has 0 N–H and O–H groups in total. The lowest BCUT2D eigenvalue weighted by molar-refractivity contribution is 0.0970. The summed E-state index contributed by atoms with van der Waals surface area (Å²) in [5.74, 6) is 0.833. The second-order valence-corrected chi connectivity index (χ2v) is 7.16. The summed E-state index contributed by atoms with van der Waals surface area (Å²) in [5.41, 5.74) is 2.05. The summed E-state index contributed by atoms with van der Waals surface area (Å²) in [4.78, 5) is 32.9. The number of pyridine rings is 1. The molecule has 30 heavy (non-hydrogen) atoms. The van der Waals surface area contributed by atoms with E-state index in [-0.39, 0.29) is 17.1 Å². The minimum Gasteiger partial charge on any atom is -0.497 e. The Morgan fingerprint density at radius 3 is 2.47 bits per heavy atom. The number of hydrogen-bond acceptors (Lipinski definition) is 5. The van der Waals surface area contributed by atoms with Crippen LogP contribution >= 0.6 is 0 Å². The third-order valence-electron chi connectivity index (χ3n) is 5.33. The zero-order chi connectivity index (χ0) is 20.8. The average molecular weight is 398 g/mol. The summed E-state index contributed by atoms with van der Waals surface area (Å²) < 4.78 is 11.2. The molecule has 148 valence electrons. The number of aromatic nitrogens is 1. The summed E-state index contributed by atoms with van der Waals surface area (Å²) in [5, 5.41) is 0.446. The number of aryl methyl sites for hydroxylation is 1. The van der Waals surface area contributed by atoms with Crippen molar-refractivity contribution in [3.8, 4) is 5.75 Å². The lowest BCUT2D eigenvalue weighted by atomic mass is 9.98. The van der Waals surface area contributed by atoms with Gasteiger partial charge in [0.15, 0.2) is 5.43 Å². The summed E-state index contributed by atoms with van der Waals surface area (Å²) in [6.07, 6.45) is 0. The van der Waals surface area contributed by atoms with Gasteiger partial charge in [0, 0.05) is 5.69 Å². The molecular formula is C24H18N2O4. The Balaban J connectivity index is 1.80. The molecule has 0 bridgehead atoms. The van der Waals surface area contributed by atoms with Gasteiger partial charge in [-0.15, -0.1) is 0 Å². The van der Waals surface area contributed by atoms with Crippen molar-refractivity contribution in [3.63, 3.8) is 0 Å². The smallest absolute Gasteiger partial charge is 0.296 e. The molecule has 0 fully saturated rings. The van der Waals surface area contributed by atoms with Crippen LogP contribution < -0.4 is 15.1 Å². The molecule has 1 amide bonds. The molecule has 1 aliphatic heterocycles. The molecule has 2 aromatic heterocycles. The molecule has 0 saturated carbocycles. The SMILES string of the molecule is COc1ccc([C@@H]2c3c(oc4ccccc4c3=O)C(=O)N2c2cccc(C)n2)cc1. The van der Waals surface area contributed by atoms with Gasteiger partial charge in [0.2, 0.25) is 5.76 Å². The molecule has 6 nitrogen and oxygen atoms in total. The maximum Gasteiger partial charge on any atom is 0.296 e. The molecule has 0 saturated heterocycles. The molecule has 5 rings (SSSR count). The first-order chi connectivity index (χ1) is 14.6. The maximum absolute atomic E-state index is 13.4. The van der Waals surface area contributed by atoms with Crippen LogP contribution in [0.3, 0.4) is 0 Å². The van der Waals surface area contributed by atoms with Crippen LogP contribution in [0.1, 0.15) is 33.4 Å². The Labute approximate surface area is 172 Å². The predicted molar refractivity (Wildman–Crippen MR) is 113 cm³/mol. The fraction of sp³-hybridized carbons (Fsp3) is 0.125. The fourth-order valence-electron chi connectivity index (χ4n) is 3.92. The third-order valence-corrected chi connectivity index (χ3v) is 5.33. The van der Waals surface area contributed by atoms with E-state index in [1.807, 2.05) is 43.3 Å². The standard InChI is InChI=1S/C24H18N2O4/c1-14-6-5-9-19(25-14)26-21(15-10-12-16(29-2)13-11-15)20-22(27)17-7-3-4-8-18(17)30-23(20)24(26)28/h3-13,21H,1-2H3/t21-/m1/s1. The Morgan fingerprint density at radius 1 is 0.967 bits per heavy atom. The number of amides is 1. The van der Waals surface area contributed by atoms with Gasteiger partial charge in [-0.1, -0.05) is 30.3 Å². The Hall–Kier alpha value is -3.93. The van der Waals surface area contributed by atoms with Crippen molar-refractivity contribution >= 4 is 22.7 Å². The summed E-state index contributed by atoms with van der Waals surface area (Å²) in [6.45, 7) is 1.86. The van der Waals surface area contributed by atoms with Crippen molar-refractivity contribution in [2.24, 2.45) is 0 Å². The van der Waals surface area contributed by atoms with Crippen molar-refractivity contribution in [1.29, 1.82) is 0 Å². The second-order valence-electron chi connectivity index (χ2n) is 7.16. The van der Waals surface area contributed by atoms with E-state index in [0.29, 0.717) is 28.1 Å². The van der Waals surface area contributed by atoms with Gasteiger partial charge in [0.1, 0.15) is 17.2 Å². The van der Waals surface area contributed by atoms with Gasteiger partial charge in [-0.2, -0.15) is 0 Å². The number of ether oxygens (including phenoxy) is 1. The predicted octanol–water partition coefficient (Wildman–Crippen LogP) is 4.25. The topological polar surface area (TPSA) is 72.6 Å². The molecule has 4 aromatic rings. The fourth-order valence-corrected chi connectivity index (χ4v) is 3.92. The number of fused-ring (bicyclic) bond motifs is 2. The molecule has 0 spiro atoms. The highest BCUT2D eigenvalue weighted by Crippen LogP contribution is 2.40. The molecule has 3 heterocycles. The van der Waals surface area contributed by atoms with E-state index in [1.54, 1.807) is 37.4 Å². The van der Waals surface area contributed by atoms with Crippen LogP contribution in [0.5, 0.6) is 5.75 Å². The van der Waals surface area contributed by atoms with Crippen molar-refractivity contribution in [2.75, 3.05) is 12.0 Å². The van der Waals surface area contributed by atoms with Crippen LogP contribution in [0, 0.1) is 6.92 Å². The quantitative estimate of drug-likeness (QED) is 0.516. The minimum atomic E-state index is -0.645. The molecule has 0 unspecified atom stereocenters. The van der Waals surface area contributed by atoms with E-state index >= 15 is 0 Å². The Bertz CT molecular complexity index is 1340. The van der Waals surface area contributed by atoms with Crippen LogP contribution in [0.25, 0.3) is 11.0 Å². The highest BCUT2D eigenvalue weighted by atomic mass is 16.5. The number of carbonyl (C=O) groups is 1. The first-order valence-corrected chi connectivity index (χ1v) is 9.55. The molecule has 0 aliphatic carbocycles. The molecule has 2 aromatic carbocycles. The number of benzene rings is 2. The minimum absolute atomic E-state index is 0.0582. The van der Waals surface area contributed by atoms with Crippen LogP contribution in [0.2, 0.25) is 0 Å². The van der Waals surface area contributed by atoms with Crippen molar-refractivity contribution in [1.82, 2.24) is 4.98 Å². The van der Waals surface area contributed by atoms with Gasteiger partial charge in [-0.05, 0) is 48.9 Å². The van der Waals surface area contributed by atoms with Gasteiger partial charge < -0.3 is 9.15 Å². The van der Waals surface area contributed by atoms with Crippen LogP contribution in [-0.2, 0) is 0 Å². The van der Waals surface area contributed by atoms with E-state index < -0.39 is 6.04 Å². The van der Waals surface area contributed by atoms with E-state index in [9.17, 15) is 9.59 Å². The van der Waals surface area contributed by atoms with E-state index in [2.05, 4.69) is 4.98 Å². The van der Waals surface area contributed by atoms with E-state index in [0.717, 1.165) is 11.3 Å². The number of hydrogen-bond donors (Lipinski definition) is 0. The number of nitrogens with zero attached hydrogens (tertiary/aromatic N) is 2. The number of anilines is 1. The molecule has 0 radical (unpaired) electrons. The van der Waals surface area contributed by atoms with Crippen LogP contribution in [-0.4, -0.2) is 18.0 Å². The monoisotopic (exact) mass is 398 g/mol. The van der Waals surface area contributed by atoms with Crippen LogP contribution in [0.4, 0.5) is 5.82 Å². The van der Waals surface area contributed by atoms with Crippen molar-refractivity contribution < 1.29 is 13.9 Å². The zero-order valence-corrected chi connectivity index (χ0v) is 16.5. The van der Waals surface area contributed by atoms with Gasteiger partial charge in [0.05, 0.1) is 24.1 Å². The van der Waals surface area contributed by atoms with Crippen molar-refractivity contribution in [3.05, 3.63) is 99.5 Å². The largest absolute Gasteiger partial charge is 0.497 e. The first-order valence-electron chi connectivity index (χ1n) is 9.55. The second kappa shape index (κ2) is 6.84. The number of para-hydroxylation sites is 1. The normalized spacial score (nSPS) is 15.5. The maximum atomic E-state index is 13.4. The lowest BCUT2D eigenvalue weighted by Crippen LogP contribution is -2.30. The van der Waals surface area contributed by atoms with Gasteiger partial charge in [-0.25, -0.2) is 4.98 Å². The number of methoxy groups -OCH3 is 1. The average Bonchev–Trinajstić information content (AvgIpc) is 3.06. The van der Waals surface area contributed by atoms with Crippen molar-refractivity contribution in [2.45, 2.75) is 13.0 Å². The highest BCUT2D eigenvalue weighted by molar-refractivity contribution is 6.10. The molecule has 1 atom stereocenters. The molecule has 1 aliphatic rings. The highest BCUT2D eigenvalue weighted by Gasteiger charge is 2.44. The molecular weight excluding hydrogens is 380 g/mol. The van der Waals surface area contributed by atoms with Gasteiger partial charge in [0.25, 0.3) is 5.91 Å². The van der Waals surface area contributed by atoms with E-state index in [1.165, 1.54) is 4.90 Å². The lowest BCUT2D eigenvalue weighted by Gasteiger charge is -2.24. The van der Waals surface area contributed by atoms with E-state index in [4.69, 9.17) is 9.15 Å². The zero-order valence-electron chi connectivity index (χ0n) is 16.5. The Morgan fingerprint density at radius 2 is 1.73 bits per heavy atom. The van der Waals surface area contributed by atoms with Gasteiger partial charge in [-0.3, -0.25) is 14.5 Å². The summed E-state index contributed by atoms with van der Waals surface area (Å²) in [6, 6.07) is 19.1. The van der Waals surface area contributed by atoms with Crippen LogP contribution in [0.15, 0.2) is 75.9 Å². The first kappa shape index (κ1) is 18.1. The summed E-state index contributed by atoms with van der Waals surface area (Å²) in [7, 11) is 1.59. The molecule has 6 heteroatoms.